The van der Waals surface area contributed by atoms with Gasteiger partial charge in [0.1, 0.15) is 11.6 Å². The molecule has 0 amide bonds. The van der Waals surface area contributed by atoms with E-state index in [1.807, 2.05) is 18.3 Å². The molecule has 0 spiro atoms. The quantitative estimate of drug-likeness (QED) is 0.910. The lowest BCUT2D eigenvalue weighted by Crippen LogP contribution is -2.29. The molecule has 0 bridgehead atoms. The average molecular weight is 302 g/mol. The summed E-state index contributed by atoms with van der Waals surface area (Å²) in [6.07, 6.45) is 2.44. The molecular weight excluding hydrogens is 280 g/mol. The van der Waals surface area contributed by atoms with E-state index in [1.54, 1.807) is 0 Å². The van der Waals surface area contributed by atoms with Gasteiger partial charge in [0.05, 0.1) is 12.2 Å². The third-order valence-electron chi connectivity index (χ3n) is 3.81. The van der Waals surface area contributed by atoms with Crippen molar-refractivity contribution in [2.45, 2.75) is 39.2 Å². The SMILES string of the molecule is Cc1nc(NCc2ccc(C)s2)cc(C2CCCNC2)n1. The second-order valence-electron chi connectivity index (χ2n) is 5.63. The van der Waals surface area contributed by atoms with Crippen molar-refractivity contribution in [2.75, 3.05) is 18.4 Å². The Morgan fingerprint density at radius 2 is 2.24 bits per heavy atom. The van der Waals surface area contributed by atoms with Crippen LogP contribution in [0.15, 0.2) is 18.2 Å². The van der Waals surface area contributed by atoms with Crippen LogP contribution in [0.4, 0.5) is 5.82 Å². The minimum Gasteiger partial charge on any atom is -0.365 e. The van der Waals surface area contributed by atoms with Gasteiger partial charge in [0.2, 0.25) is 0 Å². The number of nitrogens with one attached hydrogen (secondary N) is 2. The van der Waals surface area contributed by atoms with Crippen molar-refractivity contribution in [3.63, 3.8) is 0 Å². The predicted molar refractivity (Wildman–Crippen MR) is 88.0 cm³/mol. The lowest BCUT2D eigenvalue weighted by Gasteiger charge is -2.22. The van der Waals surface area contributed by atoms with Crippen molar-refractivity contribution >= 4 is 17.2 Å². The molecule has 4 nitrogen and oxygen atoms in total. The van der Waals surface area contributed by atoms with Crippen LogP contribution in [0.25, 0.3) is 0 Å². The molecule has 2 N–H and O–H groups in total. The fourth-order valence-corrected chi connectivity index (χ4v) is 3.58. The normalized spacial score (nSPS) is 18.7. The molecule has 2 aromatic heterocycles. The molecule has 5 heteroatoms. The number of aromatic nitrogens is 2. The zero-order valence-electron chi connectivity index (χ0n) is 12.6. The van der Waals surface area contributed by atoms with E-state index in [4.69, 9.17) is 0 Å². The van der Waals surface area contributed by atoms with E-state index >= 15 is 0 Å². The van der Waals surface area contributed by atoms with Crippen LogP contribution in [0.5, 0.6) is 0 Å². The Morgan fingerprint density at radius 1 is 1.33 bits per heavy atom. The Labute approximate surface area is 130 Å². The first-order valence-electron chi connectivity index (χ1n) is 7.56. The molecule has 0 aliphatic carbocycles. The van der Waals surface area contributed by atoms with E-state index in [-0.39, 0.29) is 0 Å². The van der Waals surface area contributed by atoms with Gasteiger partial charge in [-0.05, 0) is 45.4 Å². The minimum atomic E-state index is 0.519. The molecule has 3 heterocycles. The minimum absolute atomic E-state index is 0.519. The maximum atomic E-state index is 4.63. The number of aryl methyl sites for hydroxylation is 2. The molecule has 112 valence electrons. The van der Waals surface area contributed by atoms with Crippen LogP contribution in [0.3, 0.4) is 0 Å². The van der Waals surface area contributed by atoms with Crippen LogP contribution < -0.4 is 10.6 Å². The molecule has 1 aliphatic rings. The number of piperidine rings is 1. The Bertz CT molecular complexity index is 602. The van der Waals surface area contributed by atoms with Gasteiger partial charge in [-0.2, -0.15) is 0 Å². The summed E-state index contributed by atoms with van der Waals surface area (Å²) in [6.45, 7) is 7.10. The third kappa shape index (κ3) is 3.80. The Kier molecular flexibility index (Phi) is 4.51. The van der Waals surface area contributed by atoms with Gasteiger partial charge in [0.15, 0.2) is 0 Å². The highest BCUT2D eigenvalue weighted by Crippen LogP contribution is 2.24. The monoisotopic (exact) mass is 302 g/mol. The smallest absolute Gasteiger partial charge is 0.130 e. The fourth-order valence-electron chi connectivity index (χ4n) is 2.75. The van der Waals surface area contributed by atoms with Crippen molar-refractivity contribution in [3.05, 3.63) is 39.5 Å². The van der Waals surface area contributed by atoms with E-state index in [9.17, 15) is 0 Å². The lowest BCUT2D eigenvalue weighted by molar-refractivity contribution is 0.453. The Morgan fingerprint density at radius 3 is 2.95 bits per heavy atom. The third-order valence-corrected chi connectivity index (χ3v) is 4.81. The van der Waals surface area contributed by atoms with Crippen molar-refractivity contribution in [1.82, 2.24) is 15.3 Å². The summed E-state index contributed by atoms with van der Waals surface area (Å²) >= 11 is 1.83. The van der Waals surface area contributed by atoms with E-state index in [0.29, 0.717) is 5.92 Å². The maximum Gasteiger partial charge on any atom is 0.130 e. The predicted octanol–water partition coefficient (Wildman–Crippen LogP) is 3.23. The van der Waals surface area contributed by atoms with Gasteiger partial charge in [-0.3, -0.25) is 0 Å². The van der Waals surface area contributed by atoms with Crippen molar-refractivity contribution in [2.24, 2.45) is 0 Å². The number of hydrogen-bond donors (Lipinski definition) is 2. The van der Waals surface area contributed by atoms with E-state index in [1.165, 1.54) is 28.3 Å². The van der Waals surface area contributed by atoms with Gasteiger partial charge in [0.25, 0.3) is 0 Å². The zero-order chi connectivity index (χ0) is 14.7. The van der Waals surface area contributed by atoms with Crippen molar-refractivity contribution in [1.29, 1.82) is 0 Å². The van der Waals surface area contributed by atoms with Gasteiger partial charge in [-0.15, -0.1) is 11.3 Å². The highest BCUT2D eigenvalue weighted by Gasteiger charge is 2.17. The summed E-state index contributed by atoms with van der Waals surface area (Å²) in [6, 6.07) is 6.45. The highest BCUT2D eigenvalue weighted by molar-refractivity contribution is 7.11. The van der Waals surface area contributed by atoms with Gasteiger partial charge in [0, 0.05) is 28.3 Å². The molecule has 1 fully saturated rings. The van der Waals surface area contributed by atoms with Gasteiger partial charge < -0.3 is 10.6 Å². The van der Waals surface area contributed by atoms with Crippen molar-refractivity contribution in [3.8, 4) is 0 Å². The molecule has 1 aliphatic heterocycles. The van der Waals surface area contributed by atoms with E-state index in [2.05, 4.69) is 45.7 Å². The standard InChI is InChI=1S/C16H22N4S/c1-11-5-6-14(21-11)10-18-16-8-15(19-12(2)20-16)13-4-3-7-17-9-13/h5-6,8,13,17H,3-4,7,9-10H2,1-2H3,(H,18,19,20). The maximum absolute atomic E-state index is 4.63. The lowest BCUT2D eigenvalue weighted by atomic mass is 9.96. The molecule has 1 saturated heterocycles. The highest BCUT2D eigenvalue weighted by atomic mass is 32.1. The van der Waals surface area contributed by atoms with Crippen LogP contribution in [-0.2, 0) is 6.54 Å². The molecule has 3 rings (SSSR count). The summed E-state index contributed by atoms with van der Waals surface area (Å²) in [5.41, 5.74) is 1.17. The molecular formula is C16H22N4S. The number of hydrogen-bond acceptors (Lipinski definition) is 5. The molecule has 1 atom stereocenters. The number of rotatable bonds is 4. The van der Waals surface area contributed by atoms with Crippen LogP contribution in [0, 0.1) is 13.8 Å². The first-order valence-corrected chi connectivity index (χ1v) is 8.38. The molecule has 21 heavy (non-hydrogen) atoms. The Balaban J connectivity index is 1.71. The topological polar surface area (TPSA) is 49.8 Å². The molecule has 0 saturated carbocycles. The summed E-state index contributed by atoms with van der Waals surface area (Å²) in [5.74, 6) is 2.31. The first-order chi connectivity index (χ1) is 10.2. The van der Waals surface area contributed by atoms with Crippen LogP contribution in [0.1, 0.15) is 40.0 Å². The molecule has 0 aromatic carbocycles. The molecule has 0 radical (unpaired) electrons. The zero-order valence-corrected chi connectivity index (χ0v) is 13.5. The van der Waals surface area contributed by atoms with Gasteiger partial charge >= 0.3 is 0 Å². The summed E-state index contributed by atoms with van der Waals surface area (Å²) in [5, 5.41) is 6.89. The van der Waals surface area contributed by atoms with E-state index in [0.717, 1.165) is 31.3 Å². The first kappa shape index (κ1) is 14.5. The van der Waals surface area contributed by atoms with E-state index < -0.39 is 0 Å². The average Bonchev–Trinajstić information content (AvgIpc) is 2.91. The summed E-state index contributed by atoms with van der Waals surface area (Å²) in [4.78, 5) is 11.8. The van der Waals surface area contributed by atoms with Crippen molar-refractivity contribution < 1.29 is 0 Å². The Hall–Kier alpha value is -1.46. The number of nitrogens with zero attached hydrogens (tertiary/aromatic N) is 2. The van der Waals surface area contributed by atoms with Gasteiger partial charge in [-0.25, -0.2) is 9.97 Å². The number of thiophene rings is 1. The fraction of sp³-hybridized carbons (Fsp3) is 0.500. The largest absolute Gasteiger partial charge is 0.365 e. The van der Waals surface area contributed by atoms with Crippen LogP contribution in [-0.4, -0.2) is 23.1 Å². The van der Waals surface area contributed by atoms with Crippen LogP contribution in [0.2, 0.25) is 0 Å². The van der Waals surface area contributed by atoms with Crippen LogP contribution >= 0.6 is 11.3 Å². The number of anilines is 1. The molecule has 1 unspecified atom stereocenters. The summed E-state index contributed by atoms with van der Waals surface area (Å²) in [7, 11) is 0. The second kappa shape index (κ2) is 6.54. The summed E-state index contributed by atoms with van der Waals surface area (Å²) < 4.78 is 0. The molecule has 2 aromatic rings. The second-order valence-corrected chi connectivity index (χ2v) is 7.01. The van der Waals surface area contributed by atoms with Gasteiger partial charge in [-0.1, -0.05) is 0 Å².